The maximum absolute atomic E-state index is 12.4. The average Bonchev–Trinajstić information content (AvgIpc) is 2.86. The number of fused-ring (bicyclic) bond motifs is 1. The van der Waals surface area contributed by atoms with Crippen LogP contribution in [0.1, 0.15) is 18.4 Å². The number of nitrogens with one attached hydrogen (secondary N) is 2. The van der Waals surface area contributed by atoms with Gasteiger partial charge in [-0.25, -0.2) is 13.1 Å². The Morgan fingerprint density at radius 2 is 1.85 bits per heavy atom. The molecule has 1 aliphatic rings. The van der Waals surface area contributed by atoms with Crippen molar-refractivity contribution in [2.24, 2.45) is 0 Å². The lowest BCUT2D eigenvalue weighted by Crippen LogP contribution is -2.27. The first kappa shape index (κ1) is 19.2. The molecule has 0 bridgehead atoms. The van der Waals surface area contributed by atoms with E-state index in [4.69, 9.17) is 9.47 Å². The number of ether oxygens (including phenoxy) is 2. The van der Waals surface area contributed by atoms with E-state index in [9.17, 15) is 13.2 Å². The van der Waals surface area contributed by atoms with E-state index in [1.807, 2.05) is 25.1 Å². The molecule has 7 nitrogen and oxygen atoms in total. The minimum Gasteiger partial charge on any atom is -0.490 e. The molecule has 3 rings (SSSR count). The number of hydrogen-bond acceptors (Lipinski definition) is 5. The van der Waals surface area contributed by atoms with Crippen molar-refractivity contribution in [2.75, 3.05) is 25.1 Å². The van der Waals surface area contributed by atoms with Gasteiger partial charge in [0.2, 0.25) is 15.9 Å². The molecule has 1 aliphatic heterocycles. The number of anilines is 1. The molecular formula is C19H22N2O5S. The lowest BCUT2D eigenvalue weighted by atomic mass is 10.2. The Balaban J connectivity index is 1.57. The zero-order valence-electron chi connectivity index (χ0n) is 15.0. The molecule has 8 heteroatoms. The van der Waals surface area contributed by atoms with Gasteiger partial charge in [-0.1, -0.05) is 12.1 Å². The summed E-state index contributed by atoms with van der Waals surface area (Å²) in [6.45, 7) is 2.93. The molecule has 144 valence electrons. The van der Waals surface area contributed by atoms with E-state index >= 15 is 0 Å². The molecule has 0 saturated carbocycles. The first-order valence-corrected chi connectivity index (χ1v) is 10.2. The summed E-state index contributed by atoms with van der Waals surface area (Å²) in [6, 6.07) is 11.9. The Labute approximate surface area is 158 Å². The molecule has 0 unspecified atom stereocenters. The fourth-order valence-corrected chi connectivity index (χ4v) is 3.69. The normalized spacial score (nSPS) is 13.7. The molecule has 0 aromatic heterocycles. The Morgan fingerprint density at radius 1 is 1.07 bits per heavy atom. The molecule has 2 N–H and O–H groups in total. The average molecular weight is 390 g/mol. The molecule has 0 spiro atoms. The van der Waals surface area contributed by atoms with Crippen molar-refractivity contribution < 1.29 is 22.7 Å². The third kappa shape index (κ3) is 5.21. The highest BCUT2D eigenvalue weighted by molar-refractivity contribution is 7.89. The van der Waals surface area contributed by atoms with Crippen LogP contribution in [-0.4, -0.2) is 34.1 Å². The summed E-state index contributed by atoms with van der Waals surface area (Å²) < 4.78 is 38.4. The number of benzene rings is 2. The number of hydrogen-bond donors (Lipinski definition) is 2. The Bertz CT molecular complexity index is 927. The summed E-state index contributed by atoms with van der Waals surface area (Å²) in [5, 5.41) is 2.75. The Morgan fingerprint density at radius 3 is 2.63 bits per heavy atom. The summed E-state index contributed by atoms with van der Waals surface area (Å²) >= 11 is 0. The van der Waals surface area contributed by atoms with Crippen LogP contribution in [-0.2, 0) is 14.8 Å². The van der Waals surface area contributed by atoms with E-state index in [0.717, 1.165) is 12.0 Å². The van der Waals surface area contributed by atoms with Crippen LogP contribution in [0.15, 0.2) is 47.4 Å². The van der Waals surface area contributed by atoms with Crippen molar-refractivity contribution in [2.45, 2.75) is 24.7 Å². The molecule has 0 saturated heterocycles. The second kappa shape index (κ2) is 8.41. The molecule has 27 heavy (non-hydrogen) atoms. The van der Waals surface area contributed by atoms with Crippen LogP contribution in [0.4, 0.5) is 5.69 Å². The van der Waals surface area contributed by atoms with E-state index in [0.29, 0.717) is 30.4 Å². The topological polar surface area (TPSA) is 93.7 Å². The lowest BCUT2D eigenvalue weighted by Gasteiger charge is -2.11. The van der Waals surface area contributed by atoms with Gasteiger partial charge in [0.25, 0.3) is 0 Å². The predicted octanol–water partition coefficient (Wildman–Crippen LogP) is 2.46. The van der Waals surface area contributed by atoms with Crippen LogP contribution < -0.4 is 19.5 Å². The SMILES string of the molecule is Cc1cccc(NC(=O)CCNS(=O)(=O)c2ccc3c(c2)OCCCO3)c1. The summed E-state index contributed by atoms with van der Waals surface area (Å²) in [7, 11) is -3.75. The minimum absolute atomic E-state index is 0.00553. The predicted molar refractivity (Wildman–Crippen MR) is 102 cm³/mol. The van der Waals surface area contributed by atoms with Gasteiger partial charge >= 0.3 is 0 Å². The fourth-order valence-electron chi connectivity index (χ4n) is 2.64. The molecule has 0 atom stereocenters. The smallest absolute Gasteiger partial charge is 0.240 e. The maximum atomic E-state index is 12.4. The highest BCUT2D eigenvalue weighted by atomic mass is 32.2. The van der Waals surface area contributed by atoms with Gasteiger partial charge in [0, 0.05) is 31.1 Å². The van der Waals surface area contributed by atoms with Crippen LogP contribution in [0.5, 0.6) is 11.5 Å². The molecular weight excluding hydrogens is 368 g/mol. The first-order chi connectivity index (χ1) is 12.9. The maximum Gasteiger partial charge on any atom is 0.240 e. The second-order valence-electron chi connectivity index (χ2n) is 6.22. The zero-order valence-corrected chi connectivity index (χ0v) is 15.8. The van der Waals surface area contributed by atoms with Crippen LogP contribution >= 0.6 is 0 Å². The van der Waals surface area contributed by atoms with Gasteiger partial charge < -0.3 is 14.8 Å². The van der Waals surface area contributed by atoms with E-state index < -0.39 is 10.0 Å². The summed E-state index contributed by atoms with van der Waals surface area (Å²) in [6.07, 6.45) is 0.767. The van der Waals surface area contributed by atoms with E-state index in [1.165, 1.54) is 12.1 Å². The van der Waals surface area contributed by atoms with Crippen molar-refractivity contribution in [1.82, 2.24) is 4.72 Å². The number of carbonyl (C=O) groups is 1. The van der Waals surface area contributed by atoms with Crippen molar-refractivity contribution in [3.05, 3.63) is 48.0 Å². The van der Waals surface area contributed by atoms with Crippen LogP contribution in [0.2, 0.25) is 0 Å². The lowest BCUT2D eigenvalue weighted by molar-refractivity contribution is -0.116. The Hall–Kier alpha value is -2.58. The van der Waals surface area contributed by atoms with Gasteiger partial charge in [0.1, 0.15) is 0 Å². The summed E-state index contributed by atoms with van der Waals surface area (Å²) in [5.74, 6) is 0.679. The van der Waals surface area contributed by atoms with Crippen molar-refractivity contribution in [3.63, 3.8) is 0 Å². The van der Waals surface area contributed by atoms with E-state index in [-0.39, 0.29) is 23.8 Å². The molecule has 0 aliphatic carbocycles. The van der Waals surface area contributed by atoms with Gasteiger partial charge in [-0.2, -0.15) is 0 Å². The number of sulfonamides is 1. The first-order valence-electron chi connectivity index (χ1n) is 8.70. The zero-order chi connectivity index (χ0) is 19.3. The van der Waals surface area contributed by atoms with Gasteiger partial charge in [-0.3, -0.25) is 4.79 Å². The third-order valence-electron chi connectivity index (χ3n) is 3.98. The fraction of sp³-hybridized carbons (Fsp3) is 0.316. The minimum atomic E-state index is -3.75. The van der Waals surface area contributed by atoms with Gasteiger partial charge in [0.15, 0.2) is 11.5 Å². The number of rotatable bonds is 6. The van der Waals surface area contributed by atoms with E-state index in [2.05, 4.69) is 10.0 Å². The molecule has 0 fully saturated rings. The second-order valence-corrected chi connectivity index (χ2v) is 7.99. The Kier molecular flexibility index (Phi) is 5.98. The van der Waals surface area contributed by atoms with Crippen LogP contribution in [0.3, 0.4) is 0 Å². The highest BCUT2D eigenvalue weighted by Gasteiger charge is 2.19. The molecule has 0 radical (unpaired) electrons. The monoisotopic (exact) mass is 390 g/mol. The molecule has 1 amide bonds. The van der Waals surface area contributed by atoms with Gasteiger partial charge in [-0.05, 0) is 36.8 Å². The number of aryl methyl sites for hydroxylation is 1. The number of amides is 1. The van der Waals surface area contributed by atoms with Gasteiger partial charge in [-0.15, -0.1) is 0 Å². The van der Waals surface area contributed by atoms with Crippen molar-refractivity contribution in [3.8, 4) is 11.5 Å². The molecule has 2 aromatic rings. The van der Waals surface area contributed by atoms with Gasteiger partial charge in [0.05, 0.1) is 18.1 Å². The largest absolute Gasteiger partial charge is 0.490 e. The quantitative estimate of drug-likeness (QED) is 0.790. The van der Waals surface area contributed by atoms with Crippen LogP contribution in [0, 0.1) is 6.92 Å². The van der Waals surface area contributed by atoms with Crippen molar-refractivity contribution >= 4 is 21.6 Å². The van der Waals surface area contributed by atoms with E-state index in [1.54, 1.807) is 12.1 Å². The number of carbonyl (C=O) groups excluding carboxylic acids is 1. The van der Waals surface area contributed by atoms with Crippen LogP contribution in [0.25, 0.3) is 0 Å². The summed E-state index contributed by atoms with van der Waals surface area (Å²) in [4.78, 5) is 12.1. The standard InChI is InChI=1S/C19H22N2O5S/c1-14-4-2-5-15(12-14)21-19(22)8-9-20-27(23,24)16-6-7-17-18(13-16)26-11-3-10-25-17/h2,4-7,12-13,20H,3,8-11H2,1H3,(H,21,22). The van der Waals surface area contributed by atoms with Crippen molar-refractivity contribution in [1.29, 1.82) is 0 Å². The molecule has 1 heterocycles. The molecule has 2 aromatic carbocycles. The highest BCUT2D eigenvalue weighted by Crippen LogP contribution is 2.31. The summed E-state index contributed by atoms with van der Waals surface area (Å²) in [5.41, 5.74) is 1.72. The third-order valence-corrected chi connectivity index (χ3v) is 5.43.